The molecular formula is C30H46N2O6. The normalized spacial score (nSPS) is 35.2. The van der Waals surface area contributed by atoms with Gasteiger partial charge in [0.2, 0.25) is 11.8 Å². The lowest BCUT2D eigenvalue weighted by Gasteiger charge is -2.46. The molecule has 2 saturated heterocycles. The maximum Gasteiger partial charge on any atom is 0.313 e. The lowest BCUT2D eigenvalue weighted by Crippen LogP contribution is -2.62. The van der Waals surface area contributed by atoms with Crippen LogP contribution in [0.1, 0.15) is 74.7 Å². The predicted octanol–water partition coefficient (Wildman–Crippen LogP) is 3.48. The van der Waals surface area contributed by atoms with Crippen molar-refractivity contribution in [2.45, 2.75) is 103 Å². The van der Waals surface area contributed by atoms with Gasteiger partial charge < -0.3 is 24.4 Å². The average Bonchev–Trinajstić information content (AvgIpc) is 3.11. The Morgan fingerprint density at radius 1 is 1.08 bits per heavy atom. The van der Waals surface area contributed by atoms with Gasteiger partial charge in [0.25, 0.3) is 0 Å². The van der Waals surface area contributed by atoms with Crippen molar-refractivity contribution in [2.75, 3.05) is 19.8 Å². The third-order valence-corrected chi connectivity index (χ3v) is 9.00. The van der Waals surface area contributed by atoms with Crippen LogP contribution in [0.2, 0.25) is 0 Å². The molecule has 1 N–H and O–H groups in total. The molecule has 4 aliphatic rings. The molecule has 7 atom stereocenters. The van der Waals surface area contributed by atoms with E-state index in [0.29, 0.717) is 13.0 Å². The Labute approximate surface area is 227 Å². The molecule has 1 unspecified atom stereocenters. The molecule has 4 aliphatic heterocycles. The number of aliphatic hydroxyl groups is 1. The first-order chi connectivity index (χ1) is 17.6. The van der Waals surface area contributed by atoms with Crippen LogP contribution in [0.25, 0.3) is 0 Å². The van der Waals surface area contributed by atoms with Gasteiger partial charge in [-0.05, 0) is 44.9 Å². The van der Waals surface area contributed by atoms with Gasteiger partial charge >= 0.3 is 5.97 Å². The van der Waals surface area contributed by atoms with E-state index in [4.69, 9.17) is 9.47 Å². The highest BCUT2D eigenvalue weighted by Crippen LogP contribution is 2.58. The molecule has 8 nitrogen and oxygen atoms in total. The van der Waals surface area contributed by atoms with Gasteiger partial charge in [0.1, 0.15) is 17.6 Å². The van der Waals surface area contributed by atoms with E-state index in [1.54, 1.807) is 4.90 Å². The van der Waals surface area contributed by atoms with Crippen LogP contribution >= 0.6 is 0 Å². The Bertz CT molecular complexity index is 1030. The van der Waals surface area contributed by atoms with Gasteiger partial charge in [-0.1, -0.05) is 65.3 Å². The molecule has 8 heteroatoms. The third kappa shape index (κ3) is 4.51. The lowest BCUT2D eigenvalue weighted by atomic mass is 9.74. The zero-order valence-corrected chi connectivity index (χ0v) is 24.3. The number of carbonyl (C=O) groups is 3. The minimum absolute atomic E-state index is 0.0348. The van der Waals surface area contributed by atoms with Crippen LogP contribution < -0.4 is 0 Å². The maximum absolute atomic E-state index is 14.7. The molecule has 0 radical (unpaired) electrons. The standard InChI is InChI=1S/C30H46N2O6/c1-9-19(2)20(17-33)32-23-25(35)31(28(6,7)18-27(3,4)5)15-12-14-30(23)21(24(32)34)22-26(36)37-16-11-10-13-29(22,8)38-30/h10,12-14,19-23,33H,9,11,15-18H2,1-8H3/t19-,20-,21-,22-,23?,29+,30-/m0/s1. The van der Waals surface area contributed by atoms with Crippen LogP contribution in [0, 0.1) is 23.2 Å². The van der Waals surface area contributed by atoms with Gasteiger partial charge in [0.05, 0.1) is 30.8 Å². The molecule has 38 heavy (non-hydrogen) atoms. The smallest absolute Gasteiger partial charge is 0.313 e. The molecule has 0 saturated carbocycles. The fraction of sp³-hybridized carbons (Fsp3) is 0.767. The minimum atomic E-state index is -1.35. The van der Waals surface area contributed by atoms with Crippen LogP contribution in [0.3, 0.4) is 0 Å². The summed E-state index contributed by atoms with van der Waals surface area (Å²) in [4.78, 5) is 46.0. The Morgan fingerprint density at radius 2 is 1.76 bits per heavy atom. The van der Waals surface area contributed by atoms with Crippen molar-refractivity contribution in [2.24, 2.45) is 23.2 Å². The van der Waals surface area contributed by atoms with Crippen LogP contribution in [-0.2, 0) is 23.9 Å². The van der Waals surface area contributed by atoms with Crippen molar-refractivity contribution in [3.05, 3.63) is 24.3 Å². The van der Waals surface area contributed by atoms with E-state index in [0.717, 1.165) is 12.8 Å². The predicted molar refractivity (Wildman–Crippen MR) is 144 cm³/mol. The van der Waals surface area contributed by atoms with Crippen molar-refractivity contribution in [1.29, 1.82) is 0 Å². The molecule has 4 heterocycles. The molecule has 0 bridgehead atoms. The summed E-state index contributed by atoms with van der Waals surface area (Å²) >= 11 is 0. The monoisotopic (exact) mass is 530 g/mol. The number of ether oxygens (including phenoxy) is 2. The van der Waals surface area contributed by atoms with E-state index in [9.17, 15) is 19.5 Å². The van der Waals surface area contributed by atoms with Gasteiger partial charge in [0.15, 0.2) is 0 Å². The number of likely N-dealkylation sites (tertiary alicyclic amines) is 1. The number of aliphatic hydroxyl groups excluding tert-OH is 1. The lowest BCUT2D eigenvalue weighted by molar-refractivity contribution is -0.164. The van der Waals surface area contributed by atoms with Gasteiger partial charge in [-0.3, -0.25) is 14.4 Å². The summed E-state index contributed by atoms with van der Waals surface area (Å²) in [5.41, 5.74) is -3.00. The molecule has 0 aromatic carbocycles. The number of fused-ring (bicyclic) bond motifs is 2. The first kappa shape index (κ1) is 28.8. The average molecular weight is 531 g/mol. The highest BCUT2D eigenvalue weighted by Gasteiger charge is 2.75. The van der Waals surface area contributed by atoms with Crippen molar-refractivity contribution < 1.29 is 29.0 Å². The highest BCUT2D eigenvalue weighted by atomic mass is 16.6. The first-order valence-corrected chi connectivity index (χ1v) is 14.1. The first-order valence-electron chi connectivity index (χ1n) is 14.1. The number of cyclic esters (lactones) is 1. The molecule has 0 aliphatic carbocycles. The van der Waals surface area contributed by atoms with E-state index in [1.807, 2.05) is 50.0 Å². The summed E-state index contributed by atoms with van der Waals surface area (Å²) in [7, 11) is 0. The summed E-state index contributed by atoms with van der Waals surface area (Å²) in [6.07, 6.45) is 9.59. The number of rotatable bonds is 6. The topological polar surface area (TPSA) is 96.4 Å². The number of carbonyl (C=O) groups excluding carboxylic acids is 3. The van der Waals surface area contributed by atoms with Crippen molar-refractivity contribution in [1.82, 2.24) is 9.80 Å². The molecule has 0 aromatic rings. The SMILES string of the molecule is CC[C@H](C)[C@H](CO)N1C(=O)[C@@H]2[C@H]3C(=O)OCCC=C[C@@]3(C)O[C@@]23C=CCN(C(C)(C)CC(C)(C)C)C(=O)C13. The fourth-order valence-corrected chi connectivity index (χ4v) is 7.54. The number of hydrogen-bond acceptors (Lipinski definition) is 6. The Morgan fingerprint density at radius 3 is 2.37 bits per heavy atom. The van der Waals surface area contributed by atoms with Crippen LogP contribution in [0.4, 0.5) is 0 Å². The van der Waals surface area contributed by atoms with Crippen LogP contribution in [0.15, 0.2) is 24.3 Å². The molecule has 2 fully saturated rings. The molecule has 1 spiro atoms. The second kappa shape index (κ2) is 9.77. The van der Waals surface area contributed by atoms with Gasteiger partial charge in [0, 0.05) is 12.1 Å². The number of nitrogens with zero attached hydrogens (tertiary/aromatic N) is 2. The van der Waals surface area contributed by atoms with Gasteiger partial charge in [-0.15, -0.1) is 0 Å². The highest BCUT2D eigenvalue weighted by molar-refractivity contribution is 5.99. The number of amides is 2. The quantitative estimate of drug-likeness (QED) is 0.417. The summed E-state index contributed by atoms with van der Waals surface area (Å²) in [6.45, 7) is 16.7. The van der Waals surface area contributed by atoms with Crippen molar-refractivity contribution in [3.63, 3.8) is 0 Å². The third-order valence-electron chi connectivity index (χ3n) is 9.00. The molecular weight excluding hydrogens is 484 g/mol. The van der Waals surface area contributed by atoms with E-state index in [-0.39, 0.29) is 36.4 Å². The van der Waals surface area contributed by atoms with Gasteiger partial charge in [-0.2, -0.15) is 0 Å². The summed E-state index contributed by atoms with van der Waals surface area (Å²) in [5, 5.41) is 10.5. The minimum Gasteiger partial charge on any atom is -0.465 e. The largest absolute Gasteiger partial charge is 0.465 e. The van der Waals surface area contributed by atoms with Crippen molar-refractivity contribution in [3.8, 4) is 0 Å². The fourth-order valence-electron chi connectivity index (χ4n) is 7.54. The second-order valence-corrected chi connectivity index (χ2v) is 13.6. The summed E-state index contributed by atoms with van der Waals surface area (Å²) in [5.74, 6) is -2.92. The maximum atomic E-state index is 14.7. The van der Waals surface area contributed by atoms with E-state index < -0.39 is 46.6 Å². The van der Waals surface area contributed by atoms with E-state index in [1.165, 1.54) is 0 Å². The molecule has 212 valence electrons. The number of esters is 1. The van der Waals surface area contributed by atoms with Crippen molar-refractivity contribution >= 4 is 17.8 Å². The summed E-state index contributed by atoms with van der Waals surface area (Å²) < 4.78 is 12.4. The van der Waals surface area contributed by atoms with Crippen LogP contribution in [0.5, 0.6) is 0 Å². The van der Waals surface area contributed by atoms with E-state index in [2.05, 4.69) is 34.6 Å². The van der Waals surface area contributed by atoms with E-state index >= 15 is 0 Å². The molecule has 4 rings (SSSR count). The zero-order chi connectivity index (χ0) is 28.3. The zero-order valence-electron chi connectivity index (χ0n) is 24.3. The molecule has 2 amide bonds. The van der Waals surface area contributed by atoms with Crippen LogP contribution in [-0.4, -0.2) is 81.3 Å². The molecule has 0 aromatic heterocycles. The second-order valence-electron chi connectivity index (χ2n) is 13.6. The Balaban J connectivity index is 1.91. The van der Waals surface area contributed by atoms with Gasteiger partial charge in [-0.25, -0.2) is 0 Å². The summed E-state index contributed by atoms with van der Waals surface area (Å²) in [6, 6.07) is -1.59. The Hall–Kier alpha value is -2.19. The Kier molecular flexibility index (Phi) is 7.41. The number of hydrogen-bond donors (Lipinski definition) is 1.